The number of phenolic OH excluding ortho intramolecular Hbond substituents is 1. The fourth-order valence-electron chi connectivity index (χ4n) is 2.26. The highest BCUT2D eigenvalue weighted by Crippen LogP contribution is 2.37. The van der Waals surface area contributed by atoms with Crippen molar-refractivity contribution in [2.75, 3.05) is 0 Å². The van der Waals surface area contributed by atoms with E-state index in [1.54, 1.807) is 12.1 Å². The predicted molar refractivity (Wildman–Crippen MR) is 61.6 cm³/mol. The molecule has 1 aliphatic carbocycles. The number of benzene rings is 1. The Labute approximate surface area is 93.3 Å². The lowest BCUT2D eigenvalue weighted by atomic mass is 9.84. The lowest BCUT2D eigenvalue weighted by molar-refractivity contribution is 0.440. The Hall–Kier alpha value is -0.500. The molecule has 2 rings (SSSR count). The predicted octanol–water partition coefficient (Wildman–Crippen LogP) is 4.20. The molecule has 1 nitrogen and oxygen atoms in total. The molecule has 1 N–H and O–H groups in total. The Balaban J connectivity index is 2.22. The molecule has 0 unspecified atom stereocenters. The van der Waals surface area contributed by atoms with Crippen LogP contribution in [0.3, 0.4) is 0 Å². The van der Waals surface area contributed by atoms with Gasteiger partial charge >= 0.3 is 0 Å². The van der Waals surface area contributed by atoms with Gasteiger partial charge in [0.2, 0.25) is 0 Å². The molecule has 0 spiro atoms. The second kappa shape index (κ2) is 4.35. The first-order chi connectivity index (χ1) is 6.77. The average molecular weight is 255 g/mol. The summed E-state index contributed by atoms with van der Waals surface area (Å²) in [7, 11) is 0. The highest BCUT2D eigenvalue weighted by molar-refractivity contribution is 9.10. The molecule has 0 saturated heterocycles. The summed E-state index contributed by atoms with van der Waals surface area (Å²) < 4.78 is 1.06. The summed E-state index contributed by atoms with van der Waals surface area (Å²) in [5, 5.41) is 9.31. The van der Waals surface area contributed by atoms with Crippen molar-refractivity contribution in [2.45, 2.75) is 38.0 Å². The summed E-state index contributed by atoms with van der Waals surface area (Å²) in [4.78, 5) is 0. The van der Waals surface area contributed by atoms with E-state index in [4.69, 9.17) is 0 Å². The lowest BCUT2D eigenvalue weighted by Crippen LogP contribution is -2.04. The molecule has 0 atom stereocenters. The van der Waals surface area contributed by atoms with Gasteiger partial charge in [-0.15, -0.1) is 0 Å². The molecular formula is C12H15BrO. The molecule has 1 aromatic rings. The molecule has 1 aromatic carbocycles. The van der Waals surface area contributed by atoms with Crippen molar-refractivity contribution < 1.29 is 5.11 Å². The highest BCUT2D eigenvalue weighted by atomic mass is 79.9. The van der Waals surface area contributed by atoms with E-state index in [0.717, 1.165) is 4.47 Å². The van der Waals surface area contributed by atoms with Gasteiger partial charge in [-0.1, -0.05) is 41.3 Å². The molecule has 0 aromatic heterocycles. The van der Waals surface area contributed by atoms with Crippen LogP contribution in [0.1, 0.15) is 43.6 Å². The van der Waals surface area contributed by atoms with Crippen molar-refractivity contribution in [1.29, 1.82) is 0 Å². The third-order valence-electron chi connectivity index (χ3n) is 3.03. The van der Waals surface area contributed by atoms with Gasteiger partial charge in [0.1, 0.15) is 5.75 Å². The maximum Gasteiger partial charge on any atom is 0.116 e. The normalized spacial score (nSPS) is 18.4. The molecule has 0 heterocycles. The summed E-state index contributed by atoms with van der Waals surface area (Å²) in [6, 6.07) is 5.63. The van der Waals surface area contributed by atoms with Crippen LogP contribution < -0.4 is 0 Å². The van der Waals surface area contributed by atoms with Crippen molar-refractivity contribution in [3.8, 4) is 5.75 Å². The highest BCUT2D eigenvalue weighted by Gasteiger charge is 2.17. The maximum absolute atomic E-state index is 9.31. The van der Waals surface area contributed by atoms with Gasteiger partial charge in [-0.05, 0) is 36.5 Å². The van der Waals surface area contributed by atoms with Crippen LogP contribution in [0.15, 0.2) is 22.7 Å². The molecular weight excluding hydrogens is 240 g/mol. The minimum absolute atomic E-state index is 0.344. The number of hydrogen-bond acceptors (Lipinski definition) is 1. The summed E-state index contributed by atoms with van der Waals surface area (Å²) in [5.74, 6) is 1.04. The van der Waals surface area contributed by atoms with Crippen molar-refractivity contribution in [3.63, 3.8) is 0 Å². The third-order valence-corrected chi connectivity index (χ3v) is 3.72. The minimum atomic E-state index is 0.344. The Morgan fingerprint density at radius 1 is 1.14 bits per heavy atom. The van der Waals surface area contributed by atoms with Gasteiger partial charge in [0.15, 0.2) is 0 Å². The van der Waals surface area contributed by atoms with Crippen LogP contribution in [0, 0.1) is 0 Å². The van der Waals surface area contributed by atoms with Gasteiger partial charge in [-0.3, -0.25) is 0 Å². The van der Waals surface area contributed by atoms with E-state index in [-0.39, 0.29) is 0 Å². The summed E-state index contributed by atoms with van der Waals surface area (Å²) in [6.07, 6.45) is 6.66. The van der Waals surface area contributed by atoms with Crippen molar-refractivity contribution in [2.24, 2.45) is 0 Å². The molecule has 0 bridgehead atoms. The number of aromatic hydroxyl groups is 1. The molecule has 76 valence electrons. The fraction of sp³-hybridized carbons (Fsp3) is 0.500. The van der Waals surface area contributed by atoms with E-state index in [1.165, 1.54) is 37.7 Å². The third kappa shape index (κ3) is 2.11. The first-order valence-electron chi connectivity index (χ1n) is 5.26. The Morgan fingerprint density at radius 2 is 1.86 bits per heavy atom. The molecule has 0 radical (unpaired) electrons. The smallest absolute Gasteiger partial charge is 0.116 e. The van der Waals surface area contributed by atoms with E-state index in [0.29, 0.717) is 11.7 Å². The summed E-state index contributed by atoms with van der Waals surface area (Å²) >= 11 is 3.52. The van der Waals surface area contributed by atoms with Crippen LogP contribution in [-0.2, 0) is 0 Å². The van der Waals surface area contributed by atoms with Crippen LogP contribution in [0.2, 0.25) is 0 Å². The van der Waals surface area contributed by atoms with Gasteiger partial charge in [0.25, 0.3) is 0 Å². The van der Waals surface area contributed by atoms with Gasteiger partial charge in [0.05, 0.1) is 0 Å². The van der Waals surface area contributed by atoms with E-state index in [9.17, 15) is 5.11 Å². The van der Waals surface area contributed by atoms with E-state index < -0.39 is 0 Å². The zero-order chi connectivity index (χ0) is 9.97. The SMILES string of the molecule is Oc1ccc(C2CCCCC2)c(Br)c1. The van der Waals surface area contributed by atoms with Gasteiger partial charge in [-0.25, -0.2) is 0 Å². The molecule has 0 amide bonds. The van der Waals surface area contributed by atoms with Crippen molar-refractivity contribution in [3.05, 3.63) is 28.2 Å². The topological polar surface area (TPSA) is 20.2 Å². The van der Waals surface area contributed by atoms with Crippen LogP contribution in [0.4, 0.5) is 0 Å². The molecule has 14 heavy (non-hydrogen) atoms. The quantitative estimate of drug-likeness (QED) is 0.797. The Kier molecular flexibility index (Phi) is 3.12. The second-order valence-corrected chi connectivity index (χ2v) is 4.90. The molecule has 0 aliphatic heterocycles. The fourth-order valence-corrected chi connectivity index (χ4v) is 2.95. The van der Waals surface area contributed by atoms with Crippen molar-refractivity contribution in [1.82, 2.24) is 0 Å². The standard InChI is InChI=1S/C12H15BrO/c13-12-8-10(14)6-7-11(12)9-4-2-1-3-5-9/h6-9,14H,1-5H2. The first kappa shape index (κ1) is 10.0. The largest absolute Gasteiger partial charge is 0.508 e. The molecule has 1 saturated carbocycles. The second-order valence-electron chi connectivity index (χ2n) is 4.04. The van der Waals surface area contributed by atoms with Crippen LogP contribution in [0.5, 0.6) is 5.75 Å². The van der Waals surface area contributed by atoms with Crippen LogP contribution in [0.25, 0.3) is 0 Å². The molecule has 2 heteroatoms. The van der Waals surface area contributed by atoms with E-state index in [1.807, 2.05) is 0 Å². The van der Waals surface area contributed by atoms with Gasteiger partial charge < -0.3 is 5.11 Å². The zero-order valence-electron chi connectivity index (χ0n) is 8.17. The molecule has 1 fully saturated rings. The Morgan fingerprint density at radius 3 is 2.50 bits per heavy atom. The number of phenols is 1. The monoisotopic (exact) mass is 254 g/mol. The Bertz CT molecular complexity index is 316. The average Bonchev–Trinajstić information content (AvgIpc) is 2.19. The zero-order valence-corrected chi connectivity index (χ0v) is 9.76. The van der Waals surface area contributed by atoms with Gasteiger partial charge in [-0.2, -0.15) is 0 Å². The summed E-state index contributed by atoms with van der Waals surface area (Å²) in [5.41, 5.74) is 1.36. The number of halogens is 1. The lowest BCUT2D eigenvalue weighted by Gasteiger charge is -2.23. The van der Waals surface area contributed by atoms with E-state index in [2.05, 4.69) is 22.0 Å². The van der Waals surface area contributed by atoms with Crippen molar-refractivity contribution >= 4 is 15.9 Å². The van der Waals surface area contributed by atoms with Crippen LogP contribution >= 0.6 is 15.9 Å². The maximum atomic E-state index is 9.31. The number of rotatable bonds is 1. The number of hydrogen-bond donors (Lipinski definition) is 1. The minimum Gasteiger partial charge on any atom is -0.508 e. The van der Waals surface area contributed by atoms with E-state index >= 15 is 0 Å². The first-order valence-corrected chi connectivity index (χ1v) is 6.05. The van der Waals surface area contributed by atoms with Crippen LogP contribution in [-0.4, -0.2) is 5.11 Å². The molecule has 1 aliphatic rings. The summed E-state index contributed by atoms with van der Waals surface area (Å²) in [6.45, 7) is 0. The van der Waals surface area contributed by atoms with Gasteiger partial charge in [0, 0.05) is 4.47 Å².